The van der Waals surface area contributed by atoms with E-state index in [0.29, 0.717) is 7.37 Å². The minimum atomic E-state index is -0.626. The molecule has 98 valence electrons. The Bertz CT molecular complexity index is 268. The predicted molar refractivity (Wildman–Crippen MR) is 86.8 cm³/mol. The lowest BCUT2D eigenvalue weighted by Gasteiger charge is -2.30. The largest absolute Gasteiger partial charge is 0.442 e. The topological polar surface area (TPSA) is 47.9 Å². The number of hydrogen-bond donors (Lipinski definition) is 1. The summed E-state index contributed by atoms with van der Waals surface area (Å²) >= 11 is 4.33. The first-order valence-electron chi connectivity index (χ1n) is 5.53. The van der Waals surface area contributed by atoms with Gasteiger partial charge in [-0.05, 0) is 79.8 Å². The third-order valence-corrected chi connectivity index (χ3v) is 5.87. The van der Waals surface area contributed by atoms with Gasteiger partial charge in [0.25, 0.3) is 0 Å². The fourth-order valence-corrected chi connectivity index (χ4v) is 1.86. The van der Waals surface area contributed by atoms with Crippen LogP contribution in [0.15, 0.2) is 0 Å². The number of halogens is 2. The second-order valence-electron chi connectivity index (χ2n) is 5.07. The fourth-order valence-electron chi connectivity index (χ4n) is 1.27. The summed E-state index contributed by atoms with van der Waals surface area (Å²) in [7, 11) is -0.0773. The average Bonchev–Trinajstić information content (AvgIpc) is 2.32. The predicted octanol–water partition coefficient (Wildman–Crippen LogP) is 1.85. The first-order valence-corrected chi connectivity index (χ1v) is 7.69. The highest BCUT2D eigenvalue weighted by Crippen LogP contribution is 2.42. The molecule has 0 aromatic rings. The first kappa shape index (κ1) is 16.5. The Morgan fingerprint density at radius 3 is 2.29 bits per heavy atom. The monoisotopic (exact) mass is 466 g/mol. The van der Waals surface area contributed by atoms with Crippen molar-refractivity contribution in [3.05, 3.63) is 0 Å². The summed E-state index contributed by atoms with van der Waals surface area (Å²) in [5.74, 6) is 0. The zero-order chi connectivity index (χ0) is 13.5. The molecule has 1 N–H and O–H groups in total. The third-order valence-electron chi connectivity index (χ3n) is 3.10. The van der Waals surface area contributed by atoms with Crippen molar-refractivity contribution in [3.8, 4) is 0 Å². The van der Waals surface area contributed by atoms with E-state index in [4.69, 9.17) is 14.0 Å². The van der Waals surface area contributed by atoms with E-state index < -0.39 is 9.71 Å². The maximum Gasteiger partial charge on any atom is 0.442 e. The summed E-state index contributed by atoms with van der Waals surface area (Å²) in [6, 6.07) is 0. The maximum atomic E-state index is 9.54. The molecular weight excluding hydrogens is 448 g/mol. The van der Waals surface area contributed by atoms with Gasteiger partial charge in [-0.3, -0.25) is 0 Å². The Labute approximate surface area is 131 Å². The van der Waals surface area contributed by atoms with E-state index in [-0.39, 0.29) is 16.2 Å². The molecule has 0 aliphatic carbocycles. The van der Waals surface area contributed by atoms with Crippen LogP contribution >= 0.6 is 45.2 Å². The molecule has 0 amide bonds. The molecule has 8 heteroatoms. The zero-order valence-electron chi connectivity index (χ0n) is 10.8. The molecule has 17 heavy (non-hydrogen) atoms. The lowest BCUT2D eigenvalue weighted by molar-refractivity contribution is 0.0511. The molecule has 3 unspecified atom stereocenters. The molecule has 1 aliphatic heterocycles. The Kier molecular flexibility index (Phi) is 5.27. The average molecular weight is 466 g/mol. The van der Waals surface area contributed by atoms with E-state index in [1.807, 2.05) is 27.7 Å². The van der Waals surface area contributed by atoms with Crippen LogP contribution in [0, 0.1) is 0 Å². The SMILES string of the molecule is CC(O)C(C)(I)OBB1OC(C)(C)C(C)(I)O1. The molecule has 1 saturated heterocycles. The van der Waals surface area contributed by atoms with Gasteiger partial charge in [0, 0.05) is 0 Å². The molecular formula is C9H18B2I2O4. The van der Waals surface area contributed by atoms with Crippen molar-refractivity contribution in [1.29, 1.82) is 0 Å². The summed E-state index contributed by atoms with van der Waals surface area (Å²) in [5, 5.41) is 9.54. The summed E-state index contributed by atoms with van der Waals surface area (Å²) in [5.41, 5.74) is -0.353. The van der Waals surface area contributed by atoms with E-state index in [2.05, 4.69) is 45.2 Å². The Morgan fingerprint density at radius 1 is 1.41 bits per heavy atom. The van der Waals surface area contributed by atoms with Gasteiger partial charge >= 0.3 is 14.4 Å². The van der Waals surface area contributed by atoms with Crippen LogP contribution in [0.2, 0.25) is 0 Å². The molecule has 1 rings (SSSR count). The van der Waals surface area contributed by atoms with Crippen LogP contribution in [0.25, 0.3) is 0 Å². The summed E-state index contributed by atoms with van der Waals surface area (Å²) < 4.78 is 16.2. The van der Waals surface area contributed by atoms with Crippen LogP contribution in [0.5, 0.6) is 0 Å². The van der Waals surface area contributed by atoms with Crippen LogP contribution in [0.1, 0.15) is 34.6 Å². The highest BCUT2D eigenvalue weighted by Gasteiger charge is 2.53. The second-order valence-corrected chi connectivity index (χ2v) is 9.27. The zero-order valence-corrected chi connectivity index (χ0v) is 15.1. The van der Waals surface area contributed by atoms with Gasteiger partial charge in [0.05, 0.1) is 11.7 Å². The summed E-state index contributed by atoms with van der Waals surface area (Å²) in [4.78, 5) is 0. The van der Waals surface area contributed by atoms with Crippen LogP contribution in [-0.4, -0.2) is 38.4 Å². The van der Waals surface area contributed by atoms with Crippen LogP contribution in [0.3, 0.4) is 0 Å². The molecule has 0 saturated carbocycles. The van der Waals surface area contributed by atoms with Gasteiger partial charge in [0.2, 0.25) is 0 Å². The van der Waals surface area contributed by atoms with Gasteiger partial charge in [-0.2, -0.15) is 0 Å². The number of hydrogen-bond acceptors (Lipinski definition) is 4. The summed E-state index contributed by atoms with van der Waals surface area (Å²) in [6.07, 6.45) is -0.552. The molecule has 0 spiro atoms. The van der Waals surface area contributed by atoms with Gasteiger partial charge in [-0.15, -0.1) is 0 Å². The van der Waals surface area contributed by atoms with Gasteiger partial charge in [-0.25, -0.2) is 0 Å². The molecule has 3 atom stereocenters. The minimum absolute atomic E-state index is 0.312. The highest BCUT2D eigenvalue weighted by atomic mass is 127. The smallest absolute Gasteiger partial charge is 0.426 e. The quantitative estimate of drug-likeness (QED) is 0.391. The molecule has 0 radical (unpaired) electrons. The summed E-state index contributed by atoms with van der Waals surface area (Å²) in [6.45, 7) is 9.52. The Hall–Kier alpha value is 1.43. The third kappa shape index (κ3) is 3.95. The minimum Gasteiger partial charge on any atom is -0.426 e. The van der Waals surface area contributed by atoms with Gasteiger partial charge in [-0.1, -0.05) is 0 Å². The van der Waals surface area contributed by atoms with Crippen molar-refractivity contribution < 1.29 is 19.1 Å². The van der Waals surface area contributed by atoms with Crippen LogP contribution < -0.4 is 0 Å². The number of aliphatic hydroxyl groups excluding tert-OH is 1. The number of aliphatic hydroxyl groups is 1. The molecule has 0 aromatic carbocycles. The maximum absolute atomic E-state index is 9.54. The van der Waals surface area contributed by atoms with Gasteiger partial charge in [0.1, 0.15) is 7.22 Å². The van der Waals surface area contributed by atoms with Crippen molar-refractivity contribution in [1.82, 2.24) is 0 Å². The van der Waals surface area contributed by atoms with Crippen molar-refractivity contribution in [2.45, 2.75) is 53.5 Å². The highest BCUT2D eigenvalue weighted by molar-refractivity contribution is 14.1. The number of alkyl halides is 2. The van der Waals surface area contributed by atoms with E-state index in [0.717, 1.165) is 0 Å². The molecule has 1 heterocycles. The second kappa shape index (κ2) is 5.43. The van der Waals surface area contributed by atoms with Crippen molar-refractivity contribution in [2.75, 3.05) is 0 Å². The normalized spacial score (nSPS) is 33.3. The Morgan fingerprint density at radius 2 is 1.94 bits per heavy atom. The lowest BCUT2D eigenvalue weighted by Crippen LogP contribution is -2.40. The van der Waals surface area contributed by atoms with E-state index in [9.17, 15) is 5.11 Å². The molecule has 1 aliphatic rings. The van der Waals surface area contributed by atoms with Crippen LogP contribution in [-0.2, 0) is 14.0 Å². The fraction of sp³-hybridized carbons (Fsp3) is 1.00. The molecule has 0 bridgehead atoms. The molecule has 0 aromatic heterocycles. The van der Waals surface area contributed by atoms with E-state index >= 15 is 0 Å². The first-order chi connectivity index (χ1) is 7.48. The van der Waals surface area contributed by atoms with Crippen molar-refractivity contribution in [3.63, 3.8) is 0 Å². The standard InChI is InChI=1S/C9H18B2I2O4/c1-6(14)8(4,12)15-10-11-16-7(2,3)9(5,13)17-11/h6,10,14H,1-5H3. The molecule has 4 nitrogen and oxygen atoms in total. The Balaban J connectivity index is 2.52. The van der Waals surface area contributed by atoms with Gasteiger partial charge < -0.3 is 19.1 Å². The number of rotatable bonds is 4. The van der Waals surface area contributed by atoms with E-state index in [1.165, 1.54) is 0 Å². The van der Waals surface area contributed by atoms with Crippen molar-refractivity contribution in [2.24, 2.45) is 0 Å². The van der Waals surface area contributed by atoms with Gasteiger partial charge in [0.15, 0.2) is 0 Å². The lowest BCUT2D eigenvalue weighted by atomic mass is 9.56. The van der Waals surface area contributed by atoms with Crippen LogP contribution in [0.4, 0.5) is 0 Å². The van der Waals surface area contributed by atoms with Crippen molar-refractivity contribution >= 4 is 59.6 Å². The molecule has 1 fully saturated rings. The van der Waals surface area contributed by atoms with E-state index in [1.54, 1.807) is 6.92 Å².